The molecule has 0 saturated heterocycles. The Bertz CT molecular complexity index is 427. The van der Waals surface area contributed by atoms with Gasteiger partial charge >= 0.3 is 0 Å². The molecule has 2 rings (SSSR count). The van der Waals surface area contributed by atoms with Crippen molar-refractivity contribution in [3.05, 3.63) is 71.8 Å². The lowest BCUT2D eigenvalue weighted by Gasteiger charge is -2.17. The van der Waals surface area contributed by atoms with Gasteiger partial charge in [0.2, 0.25) is 6.41 Å². The van der Waals surface area contributed by atoms with Gasteiger partial charge in [-0.1, -0.05) is 60.7 Å². The van der Waals surface area contributed by atoms with Crippen molar-refractivity contribution in [1.82, 2.24) is 5.32 Å². The van der Waals surface area contributed by atoms with E-state index in [2.05, 4.69) is 53.8 Å². The summed E-state index contributed by atoms with van der Waals surface area (Å²) in [5, 5.41) is 2.74. The molecule has 0 atom stereocenters. The highest BCUT2D eigenvalue weighted by Crippen LogP contribution is 2.27. The topological polar surface area (TPSA) is 29.1 Å². The van der Waals surface area contributed by atoms with Crippen LogP contribution in [0.1, 0.15) is 23.5 Å². The summed E-state index contributed by atoms with van der Waals surface area (Å²) in [5.41, 5.74) is 2.58. The van der Waals surface area contributed by atoms with Crippen molar-refractivity contribution in [2.24, 2.45) is 0 Å². The van der Waals surface area contributed by atoms with E-state index >= 15 is 0 Å². The molecular formula is C16H17NO. The van der Waals surface area contributed by atoms with Crippen LogP contribution in [0.15, 0.2) is 60.7 Å². The maximum Gasteiger partial charge on any atom is 0.207 e. The van der Waals surface area contributed by atoms with E-state index in [9.17, 15) is 4.79 Å². The van der Waals surface area contributed by atoms with Gasteiger partial charge in [-0.15, -0.1) is 0 Å². The third kappa shape index (κ3) is 3.20. The smallest absolute Gasteiger partial charge is 0.207 e. The molecule has 1 N–H and O–H groups in total. The number of carbonyl (C=O) groups is 1. The number of hydrogen-bond donors (Lipinski definition) is 1. The summed E-state index contributed by atoms with van der Waals surface area (Å²) in [7, 11) is 0. The SMILES string of the molecule is O=CNCCC(c1ccccc1)c1ccccc1. The molecule has 0 radical (unpaired) electrons. The summed E-state index contributed by atoms with van der Waals surface area (Å²) in [6.07, 6.45) is 1.67. The van der Waals surface area contributed by atoms with Crippen molar-refractivity contribution in [3.8, 4) is 0 Å². The molecule has 92 valence electrons. The van der Waals surface area contributed by atoms with E-state index < -0.39 is 0 Å². The molecule has 2 aromatic rings. The second kappa shape index (κ2) is 6.60. The average Bonchev–Trinajstić information content (AvgIpc) is 2.46. The van der Waals surface area contributed by atoms with Crippen molar-refractivity contribution >= 4 is 6.41 Å². The van der Waals surface area contributed by atoms with Crippen LogP contribution >= 0.6 is 0 Å². The largest absolute Gasteiger partial charge is 0.359 e. The Morgan fingerprint density at radius 1 is 0.889 bits per heavy atom. The van der Waals surface area contributed by atoms with E-state index in [0.717, 1.165) is 12.8 Å². The van der Waals surface area contributed by atoms with Gasteiger partial charge in [-0.2, -0.15) is 0 Å². The third-order valence-electron chi connectivity index (χ3n) is 3.06. The summed E-state index contributed by atoms with van der Waals surface area (Å²) in [4.78, 5) is 10.3. The van der Waals surface area contributed by atoms with Gasteiger partial charge in [0.15, 0.2) is 0 Å². The molecule has 0 fully saturated rings. The highest BCUT2D eigenvalue weighted by Gasteiger charge is 2.12. The number of amides is 1. The van der Waals surface area contributed by atoms with Gasteiger partial charge < -0.3 is 5.32 Å². The first kappa shape index (κ1) is 12.4. The number of benzene rings is 2. The molecule has 0 spiro atoms. The molecule has 2 nitrogen and oxygen atoms in total. The van der Waals surface area contributed by atoms with Crippen LogP contribution in [0.3, 0.4) is 0 Å². The number of rotatable bonds is 6. The van der Waals surface area contributed by atoms with Gasteiger partial charge in [0, 0.05) is 12.5 Å². The van der Waals surface area contributed by atoms with Crippen molar-refractivity contribution in [3.63, 3.8) is 0 Å². The van der Waals surface area contributed by atoms with Crippen LogP contribution in [-0.4, -0.2) is 13.0 Å². The first-order valence-electron chi connectivity index (χ1n) is 6.18. The highest BCUT2D eigenvalue weighted by molar-refractivity contribution is 5.45. The van der Waals surface area contributed by atoms with Gasteiger partial charge in [0.25, 0.3) is 0 Å². The molecule has 0 aliphatic rings. The van der Waals surface area contributed by atoms with Crippen molar-refractivity contribution in [2.45, 2.75) is 12.3 Å². The molecule has 0 aliphatic heterocycles. The number of carbonyl (C=O) groups excluding carboxylic acids is 1. The van der Waals surface area contributed by atoms with Crippen LogP contribution in [0.4, 0.5) is 0 Å². The van der Waals surface area contributed by atoms with Gasteiger partial charge in [-0.3, -0.25) is 4.79 Å². The van der Waals surface area contributed by atoms with E-state index in [1.807, 2.05) is 12.1 Å². The van der Waals surface area contributed by atoms with Gasteiger partial charge in [-0.05, 0) is 17.5 Å². The highest BCUT2D eigenvalue weighted by atomic mass is 16.1. The predicted octanol–water partition coefficient (Wildman–Crippen LogP) is 2.95. The molecule has 0 saturated carbocycles. The molecular weight excluding hydrogens is 222 g/mol. The predicted molar refractivity (Wildman–Crippen MR) is 73.4 cm³/mol. The number of nitrogens with one attached hydrogen (secondary N) is 1. The minimum atomic E-state index is 0.333. The van der Waals surface area contributed by atoms with Gasteiger partial charge in [0.05, 0.1) is 0 Å². The van der Waals surface area contributed by atoms with Crippen molar-refractivity contribution < 1.29 is 4.79 Å². The van der Waals surface area contributed by atoms with Gasteiger partial charge in [-0.25, -0.2) is 0 Å². The fourth-order valence-corrected chi connectivity index (χ4v) is 2.18. The summed E-state index contributed by atoms with van der Waals surface area (Å²) >= 11 is 0. The van der Waals surface area contributed by atoms with Gasteiger partial charge in [0.1, 0.15) is 0 Å². The second-order valence-corrected chi connectivity index (χ2v) is 4.23. The molecule has 2 heteroatoms. The Labute approximate surface area is 108 Å². The maximum atomic E-state index is 10.3. The Kier molecular flexibility index (Phi) is 4.53. The van der Waals surface area contributed by atoms with E-state index in [-0.39, 0.29) is 0 Å². The fourth-order valence-electron chi connectivity index (χ4n) is 2.18. The lowest BCUT2D eigenvalue weighted by molar-refractivity contribution is -0.109. The maximum absolute atomic E-state index is 10.3. The minimum absolute atomic E-state index is 0.333. The van der Waals surface area contributed by atoms with E-state index in [4.69, 9.17) is 0 Å². The van der Waals surface area contributed by atoms with Crippen LogP contribution in [0.2, 0.25) is 0 Å². The molecule has 2 aromatic carbocycles. The van der Waals surface area contributed by atoms with Crippen LogP contribution in [0.25, 0.3) is 0 Å². The Morgan fingerprint density at radius 2 is 1.39 bits per heavy atom. The average molecular weight is 239 g/mol. The zero-order valence-electron chi connectivity index (χ0n) is 10.3. The lowest BCUT2D eigenvalue weighted by atomic mass is 9.88. The standard InChI is InChI=1S/C16H17NO/c18-13-17-12-11-16(14-7-3-1-4-8-14)15-9-5-2-6-10-15/h1-10,13,16H,11-12H2,(H,17,18). The number of hydrogen-bond acceptors (Lipinski definition) is 1. The van der Waals surface area contributed by atoms with Crippen LogP contribution in [-0.2, 0) is 4.79 Å². The van der Waals surface area contributed by atoms with E-state index in [1.54, 1.807) is 0 Å². The molecule has 0 heterocycles. The zero-order chi connectivity index (χ0) is 12.6. The second-order valence-electron chi connectivity index (χ2n) is 4.23. The molecule has 0 bridgehead atoms. The van der Waals surface area contributed by atoms with Crippen LogP contribution in [0, 0.1) is 0 Å². The monoisotopic (exact) mass is 239 g/mol. The molecule has 0 aromatic heterocycles. The van der Waals surface area contributed by atoms with E-state index in [1.165, 1.54) is 11.1 Å². The van der Waals surface area contributed by atoms with Crippen molar-refractivity contribution in [2.75, 3.05) is 6.54 Å². The normalized spacial score (nSPS) is 10.3. The third-order valence-corrected chi connectivity index (χ3v) is 3.06. The molecule has 1 amide bonds. The Hall–Kier alpha value is -2.09. The summed E-state index contributed by atoms with van der Waals surface area (Å²) < 4.78 is 0. The zero-order valence-corrected chi connectivity index (χ0v) is 10.3. The Morgan fingerprint density at radius 3 is 1.83 bits per heavy atom. The molecule has 0 aliphatic carbocycles. The molecule has 0 unspecified atom stereocenters. The fraction of sp³-hybridized carbons (Fsp3) is 0.188. The first-order chi connectivity index (χ1) is 8.92. The summed E-state index contributed by atoms with van der Waals surface area (Å²) in [6.45, 7) is 0.692. The quantitative estimate of drug-likeness (QED) is 0.609. The van der Waals surface area contributed by atoms with Crippen LogP contribution < -0.4 is 5.32 Å². The van der Waals surface area contributed by atoms with Crippen LogP contribution in [0.5, 0.6) is 0 Å². The van der Waals surface area contributed by atoms with E-state index in [0.29, 0.717) is 12.5 Å². The first-order valence-corrected chi connectivity index (χ1v) is 6.18. The molecule has 18 heavy (non-hydrogen) atoms. The lowest BCUT2D eigenvalue weighted by Crippen LogP contribution is -2.16. The summed E-state index contributed by atoms with van der Waals surface area (Å²) in [5.74, 6) is 0.333. The minimum Gasteiger partial charge on any atom is -0.359 e. The Balaban J connectivity index is 2.21. The van der Waals surface area contributed by atoms with Crippen molar-refractivity contribution in [1.29, 1.82) is 0 Å². The summed E-state index contributed by atoms with van der Waals surface area (Å²) in [6, 6.07) is 20.8.